The van der Waals surface area contributed by atoms with E-state index in [4.69, 9.17) is 0 Å². The minimum absolute atomic E-state index is 0.0280. The maximum atomic E-state index is 12.1. The number of rotatable bonds is 5. The third-order valence-corrected chi connectivity index (χ3v) is 3.54. The second kappa shape index (κ2) is 6.93. The average Bonchev–Trinajstić information content (AvgIpc) is 2.43. The molecule has 0 aliphatic carbocycles. The summed E-state index contributed by atoms with van der Waals surface area (Å²) in [5.74, 6) is -0.777. The van der Waals surface area contributed by atoms with Crippen molar-refractivity contribution in [3.63, 3.8) is 0 Å². The number of benzene rings is 1. The SMILES string of the molecule is CC(C)C(C)N(C)C(=O)NC(C(=O)O)c1ccccc1. The molecule has 0 radical (unpaired) electrons. The smallest absolute Gasteiger partial charge is 0.330 e. The summed E-state index contributed by atoms with van der Waals surface area (Å²) in [5, 5.41) is 11.8. The van der Waals surface area contributed by atoms with E-state index in [9.17, 15) is 14.7 Å². The van der Waals surface area contributed by atoms with Crippen LogP contribution in [0.5, 0.6) is 0 Å². The van der Waals surface area contributed by atoms with Gasteiger partial charge < -0.3 is 15.3 Å². The molecule has 0 bridgehead atoms. The quantitative estimate of drug-likeness (QED) is 0.869. The van der Waals surface area contributed by atoms with Crippen LogP contribution in [-0.4, -0.2) is 35.1 Å². The molecule has 0 saturated carbocycles. The summed E-state index contributed by atoms with van der Waals surface area (Å²) in [6, 6.07) is 7.27. The summed E-state index contributed by atoms with van der Waals surface area (Å²) >= 11 is 0. The van der Waals surface area contributed by atoms with Gasteiger partial charge in [-0.25, -0.2) is 9.59 Å². The number of hydrogen-bond donors (Lipinski definition) is 2. The Bertz CT molecular complexity index is 459. The molecule has 0 aromatic heterocycles. The fourth-order valence-corrected chi connectivity index (χ4v) is 1.79. The van der Waals surface area contributed by atoms with E-state index in [0.717, 1.165) is 0 Å². The van der Waals surface area contributed by atoms with Crippen LogP contribution in [0.2, 0.25) is 0 Å². The first kappa shape index (κ1) is 16.0. The topological polar surface area (TPSA) is 69.6 Å². The summed E-state index contributed by atoms with van der Waals surface area (Å²) in [6.45, 7) is 5.96. The number of amides is 2. The van der Waals surface area contributed by atoms with Gasteiger partial charge in [-0.2, -0.15) is 0 Å². The molecular formula is C15H22N2O3. The summed E-state index contributed by atoms with van der Waals surface area (Å²) < 4.78 is 0. The molecule has 1 rings (SSSR count). The number of carbonyl (C=O) groups excluding carboxylic acids is 1. The molecule has 0 saturated heterocycles. The molecule has 5 heteroatoms. The summed E-state index contributed by atoms with van der Waals surface area (Å²) in [6.07, 6.45) is 0. The lowest BCUT2D eigenvalue weighted by molar-refractivity contribution is -0.139. The highest BCUT2D eigenvalue weighted by Crippen LogP contribution is 2.14. The molecular weight excluding hydrogens is 256 g/mol. The number of nitrogens with one attached hydrogen (secondary N) is 1. The number of nitrogens with zero attached hydrogens (tertiary/aromatic N) is 1. The molecule has 2 amide bonds. The Hall–Kier alpha value is -2.04. The predicted octanol–water partition coefficient (Wildman–Crippen LogP) is 2.50. The van der Waals surface area contributed by atoms with Crippen molar-refractivity contribution >= 4 is 12.0 Å². The highest BCUT2D eigenvalue weighted by Gasteiger charge is 2.25. The fourth-order valence-electron chi connectivity index (χ4n) is 1.79. The molecule has 2 atom stereocenters. The second-order valence-electron chi connectivity index (χ2n) is 5.23. The Morgan fingerprint density at radius 1 is 1.15 bits per heavy atom. The molecule has 0 heterocycles. The van der Waals surface area contributed by atoms with Crippen LogP contribution < -0.4 is 5.32 Å². The van der Waals surface area contributed by atoms with Gasteiger partial charge in [0.2, 0.25) is 0 Å². The van der Waals surface area contributed by atoms with Gasteiger partial charge in [0.05, 0.1) is 0 Å². The van der Waals surface area contributed by atoms with Crippen LogP contribution in [0.3, 0.4) is 0 Å². The van der Waals surface area contributed by atoms with Crippen molar-refractivity contribution in [1.29, 1.82) is 0 Å². The normalized spacial score (nSPS) is 13.7. The molecule has 20 heavy (non-hydrogen) atoms. The van der Waals surface area contributed by atoms with Crippen molar-refractivity contribution < 1.29 is 14.7 Å². The minimum Gasteiger partial charge on any atom is -0.479 e. The van der Waals surface area contributed by atoms with Gasteiger partial charge in [0, 0.05) is 13.1 Å². The lowest BCUT2D eigenvalue weighted by Gasteiger charge is -2.29. The van der Waals surface area contributed by atoms with Crippen molar-refractivity contribution in [2.24, 2.45) is 5.92 Å². The molecule has 0 fully saturated rings. The first-order valence-corrected chi connectivity index (χ1v) is 6.65. The minimum atomic E-state index is -1.07. The Morgan fingerprint density at radius 2 is 1.70 bits per heavy atom. The van der Waals surface area contributed by atoms with Gasteiger partial charge in [-0.1, -0.05) is 44.2 Å². The van der Waals surface area contributed by atoms with Crippen molar-refractivity contribution in [2.45, 2.75) is 32.9 Å². The van der Waals surface area contributed by atoms with E-state index in [1.807, 2.05) is 20.8 Å². The van der Waals surface area contributed by atoms with Crippen molar-refractivity contribution in [3.05, 3.63) is 35.9 Å². The Labute approximate surface area is 119 Å². The van der Waals surface area contributed by atoms with E-state index in [0.29, 0.717) is 11.5 Å². The number of carboxylic acid groups (broad SMARTS) is 1. The molecule has 5 nitrogen and oxygen atoms in total. The Morgan fingerprint density at radius 3 is 2.15 bits per heavy atom. The summed E-state index contributed by atoms with van der Waals surface area (Å²) in [5.41, 5.74) is 0.555. The second-order valence-corrected chi connectivity index (χ2v) is 5.23. The largest absolute Gasteiger partial charge is 0.479 e. The molecule has 110 valence electrons. The highest BCUT2D eigenvalue weighted by atomic mass is 16.4. The monoisotopic (exact) mass is 278 g/mol. The Kier molecular flexibility index (Phi) is 5.55. The fraction of sp³-hybridized carbons (Fsp3) is 0.467. The van der Waals surface area contributed by atoms with Crippen LogP contribution in [0.15, 0.2) is 30.3 Å². The molecule has 2 N–H and O–H groups in total. The molecule has 0 aliphatic rings. The van der Waals surface area contributed by atoms with Gasteiger partial charge in [0.25, 0.3) is 0 Å². The van der Waals surface area contributed by atoms with Crippen LogP contribution >= 0.6 is 0 Å². The third-order valence-electron chi connectivity index (χ3n) is 3.54. The number of aliphatic carboxylic acids is 1. The highest BCUT2D eigenvalue weighted by molar-refractivity contribution is 5.83. The van der Waals surface area contributed by atoms with E-state index >= 15 is 0 Å². The van der Waals surface area contributed by atoms with Gasteiger partial charge in [-0.15, -0.1) is 0 Å². The van der Waals surface area contributed by atoms with E-state index in [-0.39, 0.29) is 12.1 Å². The van der Waals surface area contributed by atoms with Gasteiger partial charge >= 0.3 is 12.0 Å². The number of urea groups is 1. The van der Waals surface area contributed by atoms with Gasteiger partial charge in [0.15, 0.2) is 6.04 Å². The molecule has 1 aromatic carbocycles. The first-order valence-electron chi connectivity index (χ1n) is 6.65. The zero-order valence-corrected chi connectivity index (χ0v) is 12.3. The lowest BCUT2D eigenvalue weighted by Crippen LogP contribution is -2.47. The lowest BCUT2D eigenvalue weighted by atomic mass is 10.1. The van der Waals surface area contributed by atoms with Crippen LogP contribution in [0.4, 0.5) is 4.79 Å². The number of carboxylic acids is 1. The summed E-state index contributed by atoms with van der Waals surface area (Å²) in [4.78, 5) is 25.0. The van der Waals surface area contributed by atoms with E-state index < -0.39 is 12.0 Å². The molecule has 0 spiro atoms. The number of hydrogen-bond acceptors (Lipinski definition) is 2. The first-order chi connectivity index (χ1) is 9.34. The van der Waals surface area contributed by atoms with Gasteiger partial charge in [0.1, 0.15) is 0 Å². The van der Waals surface area contributed by atoms with Gasteiger partial charge in [-0.05, 0) is 18.4 Å². The maximum absolute atomic E-state index is 12.1. The summed E-state index contributed by atoms with van der Waals surface area (Å²) in [7, 11) is 1.67. The maximum Gasteiger partial charge on any atom is 0.330 e. The number of carbonyl (C=O) groups is 2. The molecule has 0 aliphatic heterocycles. The average molecular weight is 278 g/mol. The van der Waals surface area contributed by atoms with Crippen LogP contribution in [0.25, 0.3) is 0 Å². The van der Waals surface area contributed by atoms with E-state index in [1.54, 1.807) is 37.4 Å². The van der Waals surface area contributed by atoms with Gasteiger partial charge in [-0.3, -0.25) is 0 Å². The standard InChI is InChI=1S/C15H22N2O3/c1-10(2)11(3)17(4)15(20)16-13(14(18)19)12-8-6-5-7-9-12/h5-11,13H,1-4H3,(H,16,20)(H,18,19). The van der Waals surface area contributed by atoms with Crippen LogP contribution in [-0.2, 0) is 4.79 Å². The predicted molar refractivity (Wildman–Crippen MR) is 77.4 cm³/mol. The molecule has 1 aromatic rings. The Balaban J connectivity index is 2.82. The van der Waals surface area contributed by atoms with E-state index in [2.05, 4.69) is 5.32 Å². The van der Waals surface area contributed by atoms with E-state index in [1.165, 1.54) is 4.90 Å². The zero-order valence-electron chi connectivity index (χ0n) is 12.3. The zero-order chi connectivity index (χ0) is 15.3. The van der Waals surface area contributed by atoms with Crippen molar-refractivity contribution in [3.8, 4) is 0 Å². The van der Waals surface area contributed by atoms with Crippen LogP contribution in [0.1, 0.15) is 32.4 Å². The van der Waals surface area contributed by atoms with Crippen molar-refractivity contribution in [2.75, 3.05) is 7.05 Å². The van der Waals surface area contributed by atoms with Crippen LogP contribution in [0, 0.1) is 5.92 Å². The third kappa shape index (κ3) is 3.98. The van der Waals surface area contributed by atoms with Crippen molar-refractivity contribution in [1.82, 2.24) is 10.2 Å². The molecule has 2 unspecified atom stereocenters.